The van der Waals surface area contributed by atoms with Crippen LogP contribution in [0.5, 0.6) is 0 Å². The van der Waals surface area contributed by atoms with E-state index >= 15 is 0 Å². The second kappa shape index (κ2) is 4.70. The molecule has 0 aromatic rings. The van der Waals surface area contributed by atoms with Gasteiger partial charge in [0.15, 0.2) is 0 Å². The summed E-state index contributed by atoms with van der Waals surface area (Å²) >= 11 is 0. The van der Waals surface area contributed by atoms with E-state index in [1.54, 1.807) is 0 Å². The highest BCUT2D eigenvalue weighted by Crippen LogP contribution is 2.07. The van der Waals surface area contributed by atoms with Gasteiger partial charge in [0.25, 0.3) is 0 Å². The monoisotopic (exact) mass is 161 g/mol. The highest BCUT2D eigenvalue weighted by molar-refractivity contribution is 5.97. The summed E-state index contributed by atoms with van der Waals surface area (Å²) < 4.78 is 0. The minimum atomic E-state index is 0.969. The van der Waals surface area contributed by atoms with Crippen molar-refractivity contribution in [3.8, 4) is 0 Å². The van der Waals surface area contributed by atoms with Gasteiger partial charge in [0.2, 0.25) is 0 Å². The molecule has 0 bridgehead atoms. The molecule has 0 N–H and O–H groups in total. The van der Waals surface area contributed by atoms with Crippen LogP contribution in [0.15, 0.2) is 41.1 Å². The van der Waals surface area contributed by atoms with Crippen molar-refractivity contribution in [2.75, 3.05) is 0 Å². The maximum Gasteiger partial charge on any atom is 0.0441 e. The fourth-order valence-corrected chi connectivity index (χ4v) is 0.979. The van der Waals surface area contributed by atoms with Gasteiger partial charge in [-0.2, -0.15) is 0 Å². The lowest BCUT2D eigenvalue weighted by Crippen LogP contribution is -1.95. The first-order valence-corrected chi connectivity index (χ1v) is 4.39. The Balaban J connectivity index is 2.52. The fourth-order valence-electron chi connectivity index (χ4n) is 0.979. The lowest BCUT2D eigenvalue weighted by molar-refractivity contribution is 1.21. The molecule has 0 saturated heterocycles. The predicted molar refractivity (Wildman–Crippen MR) is 54.4 cm³/mol. The molecule has 12 heavy (non-hydrogen) atoms. The van der Waals surface area contributed by atoms with E-state index in [4.69, 9.17) is 0 Å². The van der Waals surface area contributed by atoms with Crippen molar-refractivity contribution in [1.29, 1.82) is 0 Å². The zero-order chi connectivity index (χ0) is 8.81. The molecule has 64 valence electrons. The molecule has 0 fully saturated rings. The summed E-state index contributed by atoms with van der Waals surface area (Å²) in [5.41, 5.74) is 2.47. The Morgan fingerprint density at radius 3 is 2.92 bits per heavy atom. The molecule has 0 amide bonds. The largest absolute Gasteiger partial charge is 0.261 e. The zero-order valence-electron chi connectivity index (χ0n) is 7.75. The molecule has 0 spiro atoms. The highest BCUT2D eigenvalue weighted by atomic mass is 14.7. The zero-order valence-corrected chi connectivity index (χ0v) is 7.75. The molecule has 0 aromatic carbocycles. The third-order valence-corrected chi connectivity index (χ3v) is 1.75. The molecule has 0 radical (unpaired) electrons. The molecular formula is C11H15N. The number of allylic oxidation sites excluding steroid dienone is 5. The summed E-state index contributed by atoms with van der Waals surface area (Å²) in [5, 5.41) is 0. The van der Waals surface area contributed by atoms with Crippen LogP contribution >= 0.6 is 0 Å². The van der Waals surface area contributed by atoms with Crippen LogP contribution in [0.25, 0.3) is 0 Å². The van der Waals surface area contributed by atoms with Crippen LogP contribution in [0.4, 0.5) is 0 Å². The van der Waals surface area contributed by atoms with E-state index in [2.05, 4.69) is 43.1 Å². The Kier molecular flexibility index (Phi) is 3.52. The number of rotatable bonds is 2. The minimum Gasteiger partial charge on any atom is -0.261 e. The lowest BCUT2D eigenvalue weighted by atomic mass is 10.1. The summed E-state index contributed by atoms with van der Waals surface area (Å²) in [6.07, 6.45) is 12.3. The summed E-state index contributed by atoms with van der Waals surface area (Å²) in [6, 6.07) is 0. The third kappa shape index (κ3) is 2.87. The van der Waals surface area contributed by atoms with Gasteiger partial charge in [-0.25, -0.2) is 0 Å². The second-order valence-corrected chi connectivity index (χ2v) is 2.90. The molecule has 0 aliphatic heterocycles. The average molecular weight is 161 g/mol. The summed E-state index contributed by atoms with van der Waals surface area (Å²) in [4.78, 5) is 4.31. The Hall–Kier alpha value is -1.11. The Labute approximate surface area is 74.2 Å². The lowest BCUT2D eigenvalue weighted by Gasteiger charge is -2.02. The van der Waals surface area contributed by atoms with Crippen molar-refractivity contribution in [3.63, 3.8) is 0 Å². The molecule has 0 heterocycles. The van der Waals surface area contributed by atoms with Crippen molar-refractivity contribution in [2.45, 2.75) is 26.7 Å². The Morgan fingerprint density at radius 1 is 1.50 bits per heavy atom. The van der Waals surface area contributed by atoms with E-state index in [9.17, 15) is 0 Å². The third-order valence-electron chi connectivity index (χ3n) is 1.75. The maximum absolute atomic E-state index is 4.31. The van der Waals surface area contributed by atoms with E-state index in [0.29, 0.717) is 0 Å². The van der Waals surface area contributed by atoms with Crippen LogP contribution in [0.1, 0.15) is 26.7 Å². The van der Waals surface area contributed by atoms with Crippen LogP contribution in [0.2, 0.25) is 0 Å². The first kappa shape index (κ1) is 8.98. The van der Waals surface area contributed by atoms with Crippen LogP contribution in [0.3, 0.4) is 0 Å². The van der Waals surface area contributed by atoms with E-state index in [1.165, 1.54) is 5.57 Å². The Morgan fingerprint density at radius 2 is 2.33 bits per heavy atom. The second-order valence-electron chi connectivity index (χ2n) is 2.90. The minimum absolute atomic E-state index is 0.969. The van der Waals surface area contributed by atoms with Gasteiger partial charge in [0.1, 0.15) is 0 Å². The van der Waals surface area contributed by atoms with Crippen LogP contribution in [-0.4, -0.2) is 5.71 Å². The van der Waals surface area contributed by atoms with Gasteiger partial charge >= 0.3 is 0 Å². The van der Waals surface area contributed by atoms with Crippen LogP contribution < -0.4 is 0 Å². The smallest absolute Gasteiger partial charge is 0.0441 e. The molecule has 0 saturated carbocycles. The molecule has 1 aliphatic carbocycles. The van der Waals surface area contributed by atoms with E-state index < -0.39 is 0 Å². The van der Waals surface area contributed by atoms with Gasteiger partial charge in [-0.3, -0.25) is 4.99 Å². The van der Waals surface area contributed by atoms with Gasteiger partial charge in [-0.05, 0) is 19.4 Å². The molecule has 1 rings (SSSR count). The van der Waals surface area contributed by atoms with Gasteiger partial charge in [-0.1, -0.05) is 30.7 Å². The summed E-state index contributed by atoms with van der Waals surface area (Å²) in [5.74, 6) is 0. The molecule has 1 nitrogen and oxygen atoms in total. The normalized spacial score (nSPS) is 20.5. The number of aliphatic imine (C=N–C) groups is 1. The van der Waals surface area contributed by atoms with Crippen molar-refractivity contribution in [3.05, 3.63) is 36.1 Å². The highest BCUT2D eigenvalue weighted by Gasteiger charge is 1.96. The molecule has 1 aliphatic rings. The summed E-state index contributed by atoms with van der Waals surface area (Å²) in [6.45, 7) is 4.21. The van der Waals surface area contributed by atoms with Gasteiger partial charge in [0.05, 0.1) is 0 Å². The SMILES string of the molecule is CC/C=C\N=C1C=CC(C)=CC1. The van der Waals surface area contributed by atoms with Gasteiger partial charge < -0.3 is 0 Å². The standard InChI is InChI=1S/C11H15N/c1-3-4-9-12-11-7-5-10(2)6-8-11/h4-7,9H,3,8H2,1-2H3/b9-4-,12-11?. The number of hydrogen-bond donors (Lipinski definition) is 0. The van der Waals surface area contributed by atoms with Crippen LogP contribution in [-0.2, 0) is 0 Å². The number of nitrogens with zero attached hydrogens (tertiary/aromatic N) is 1. The van der Waals surface area contributed by atoms with E-state index in [1.807, 2.05) is 6.20 Å². The topological polar surface area (TPSA) is 12.4 Å². The molecule has 0 aromatic heterocycles. The summed E-state index contributed by atoms with van der Waals surface area (Å²) in [7, 11) is 0. The van der Waals surface area contributed by atoms with Crippen molar-refractivity contribution in [2.24, 2.45) is 4.99 Å². The van der Waals surface area contributed by atoms with Gasteiger partial charge in [-0.15, -0.1) is 0 Å². The van der Waals surface area contributed by atoms with Crippen molar-refractivity contribution < 1.29 is 0 Å². The predicted octanol–water partition coefficient (Wildman–Crippen LogP) is 3.26. The number of hydrogen-bond acceptors (Lipinski definition) is 1. The average Bonchev–Trinajstić information content (AvgIpc) is 2.09. The van der Waals surface area contributed by atoms with Crippen LogP contribution in [0, 0.1) is 0 Å². The molecule has 1 heteroatoms. The fraction of sp³-hybridized carbons (Fsp3) is 0.364. The van der Waals surface area contributed by atoms with Crippen molar-refractivity contribution in [1.82, 2.24) is 0 Å². The Bertz CT molecular complexity index is 254. The maximum atomic E-state index is 4.31. The van der Waals surface area contributed by atoms with E-state index in [-0.39, 0.29) is 0 Å². The van der Waals surface area contributed by atoms with Gasteiger partial charge in [0, 0.05) is 18.3 Å². The molecular weight excluding hydrogens is 146 g/mol. The molecule has 0 atom stereocenters. The first-order chi connectivity index (χ1) is 5.83. The quantitative estimate of drug-likeness (QED) is 0.589. The first-order valence-electron chi connectivity index (χ1n) is 4.39. The van der Waals surface area contributed by atoms with E-state index in [0.717, 1.165) is 18.6 Å². The molecule has 0 unspecified atom stereocenters. The van der Waals surface area contributed by atoms with Crippen molar-refractivity contribution >= 4 is 5.71 Å².